The summed E-state index contributed by atoms with van der Waals surface area (Å²) < 4.78 is 0. The van der Waals surface area contributed by atoms with Gasteiger partial charge in [-0.1, -0.05) is 24.3 Å². The van der Waals surface area contributed by atoms with Gasteiger partial charge in [0, 0.05) is 18.5 Å². The highest BCUT2D eigenvalue weighted by Crippen LogP contribution is 2.18. The number of carbonyl (C=O) groups excluding carboxylic acids is 1. The van der Waals surface area contributed by atoms with Gasteiger partial charge >= 0.3 is 0 Å². The number of hydroxylamine groups is 1. The van der Waals surface area contributed by atoms with Gasteiger partial charge in [-0.2, -0.15) is 0 Å². The third-order valence-corrected chi connectivity index (χ3v) is 2.46. The van der Waals surface area contributed by atoms with Crippen LogP contribution in [0.5, 0.6) is 0 Å². The topological polar surface area (TPSA) is 62.2 Å². The minimum atomic E-state index is -0.548. The first kappa shape index (κ1) is 12.0. The summed E-state index contributed by atoms with van der Waals surface area (Å²) in [5.74, 6) is -0.548. The molecule has 1 heterocycles. The SMILES string of the molecule is O=C(/C=C/c1ccc(-c2ccncc2)cc1)NO. The number of hydrogen-bond acceptors (Lipinski definition) is 3. The minimum absolute atomic E-state index is 0.548. The van der Waals surface area contributed by atoms with Gasteiger partial charge in [-0.05, 0) is 34.9 Å². The fourth-order valence-corrected chi connectivity index (χ4v) is 1.54. The van der Waals surface area contributed by atoms with Crippen molar-refractivity contribution < 1.29 is 10.0 Å². The number of pyridine rings is 1. The number of hydrogen-bond donors (Lipinski definition) is 2. The maximum absolute atomic E-state index is 10.8. The molecule has 0 bridgehead atoms. The Kier molecular flexibility index (Phi) is 3.83. The van der Waals surface area contributed by atoms with Crippen molar-refractivity contribution in [1.29, 1.82) is 0 Å². The van der Waals surface area contributed by atoms with Gasteiger partial charge in [0.15, 0.2) is 0 Å². The lowest BCUT2D eigenvalue weighted by Gasteiger charge is -2.01. The van der Waals surface area contributed by atoms with E-state index in [9.17, 15) is 4.79 Å². The lowest BCUT2D eigenvalue weighted by molar-refractivity contribution is -0.124. The third-order valence-electron chi connectivity index (χ3n) is 2.46. The van der Waals surface area contributed by atoms with Crippen LogP contribution in [0.1, 0.15) is 5.56 Å². The Morgan fingerprint density at radius 3 is 2.28 bits per heavy atom. The largest absolute Gasteiger partial charge is 0.288 e. The van der Waals surface area contributed by atoms with Crippen molar-refractivity contribution in [2.24, 2.45) is 0 Å². The van der Waals surface area contributed by atoms with Gasteiger partial charge in [0.2, 0.25) is 0 Å². The molecule has 1 aromatic heterocycles. The summed E-state index contributed by atoms with van der Waals surface area (Å²) in [6, 6.07) is 11.6. The lowest BCUT2D eigenvalue weighted by atomic mass is 10.1. The van der Waals surface area contributed by atoms with Gasteiger partial charge < -0.3 is 0 Å². The average molecular weight is 240 g/mol. The van der Waals surface area contributed by atoms with E-state index in [-0.39, 0.29) is 0 Å². The van der Waals surface area contributed by atoms with Crippen LogP contribution in [0.15, 0.2) is 54.9 Å². The Morgan fingerprint density at radius 2 is 1.67 bits per heavy atom. The summed E-state index contributed by atoms with van der Waals surface area (Å²) in [4.78, 5) is 14.8. The van der Waals surface area contributed by atoms with Crippen molar-refractivity contribution in [3.05, 3.63) is 60.4 Å². The number of nitrogens with one attached hydrogen (secondary N) is 1. The van der Waals surface area contributed by atoms with E-state index in [1.807, 2.05) is 36.4 Å². The smallest absolute Gasteiger partial charge is 0.267 e. The van der Waals surface area contributed by atoms with E-state index in [0.717, 1.165) is 16.7 Å². The molecule has 0 saturated heterocycles. The fraction of sp³-hybridized carbons (Fsp3) is 0. The lowest BCUT2D eigenvalue weighted by Crippen LogP contribution is -2.14. The van der Waals surface area contributed by atoms with Crippen molar-refractivity contribution in [2.75, 3.05) is 0 Å². The van der Waals surface area contributed by atoms with Gasteiger partial charge in [-0.15, -0.1) is 0 Å². The number of carbonyl (C=O) groups is 1. The molecule has 0 aliphatic rings. The predicted octanol–water partition coefficient (Wildman–Crippen LogP) is 2.27. The average Bonchev–Trinajstić information content (AvgIpc) is 2.46. The van der Waals surface area contributed by atoms with E-state index in [4.69, 9.17) is 5.21 Å². The van der Waals surface area contributed by atoms with Crippen molar-refractivity contribution >= 4 is 12.0 Å². The van der Waals surface area contributed by atoms with Crippen LogP contribution >= 0.6 is 0 Å². The Hall–Kier alpha value is -2.46. The molecule has 2 N–H and O–H groups in total. The summed E-state index contributed by atoms with van der Waals surface area (Å²) in [7, 11) is 0. The highest BCUT2D eigenvalue weighted by Gasteiger charge is 1.96. The van der Waals surface area contributed by atoms with E-state index >= 15 is 0 Å². The molecule has 4 heteroatoms. The Bertz CT molecular complexity index is 548. The van der Waals surface area contributed by atoms with Crippen molar-refractivity contribution in [2.45, 2.75) is 0 Å². The summed E-state index contributed by atoms with van der Waals surface area (Å²) in [6.07, 6.45) is 6.38. The van der Waals surface area contributed by atoms with E-state index < -0.39 is 5.91 Å². The van der Waals surface area contributed by atoms with Gasteiger partial charge in [-0.25, -0.2) is 5.48 Å². The molecule has 4 nitrogen and oxygen atoms in total. The summed E-state index contributed by atoms with van der Waals surface area (Å²) in [5.41, 5.74) is 4.60. The number of rotatable bonds is 3. The van der Waals surface area contributed by atoms with Crippen LogP contribution < -0.4 is 5.48 Å². The number of nitrogens with zero attached hydrogens (tertiary/aromatic N) is 1. The Balaban J connectivity index is 2.16. The fourth-order valence-electron chi connectivity index (χ4n) is 1.54. The number of aromatic nitrogens is 1. The first-order valence-electron chi connectivity index (χ1n) is 5.42. The second-order valence-corrected chi connectivity index (χ2v) is 3.67. The number of benzene rings is 1. The molecule has 0 fully saturated rings. The van der Waals surface area contributed by atoms with Gasteiger partial charge in [0.05, 0.1) is 0 Å². The summed E-state index contributed by atoms with van der Waals surface area (Å²) in [5, 5.41) is 8.35. The van der Waals surface area contributed by atoms with E-state index in [0.29, 0.717) is 0 Å². The molecule has 0 aliphatic heterocycles. The monoisotopic (exact) mass is 240 g/mol. The van der Waals surface area contributed by atoms with Crippen LogP contribution in [0.25, 0.3) is 17.2 Å². The minimum Gasteiger partial charge on any atom is -0.288 e. The Labute approximate surface area is 105 Å². The molecule has 2 rings (SSSR count). The zero-order chi connectivity index (χ0) is 12.8. The van der Waals surface area contributed by atoms with Gasteiger partial charge in [0.1, 0.15) is 0 Å². The normalized spacial score (nSPS) is 10.5. The molecule has 0 aliphatic carbocycles. The molecule has 0 saturated carbocycles. The molecule has 90 valence electrons. The molecular formula is C14H12N2O2. The maximum Gasteiger partial charge on any atom is 0.267 e. The summed E-state index contributed by atoms with van der Waals surface area (Å²) in [6.45, 7) is 0. The quantitative estimate of drug-likeness (QED) is 0.491. The molecular weight excluding hydrogens is 228 g/mol. The first-order valence-corrected chi connectivity index (χ1v) is 5.42. The molecule has 0 atom stereocenters. The van der Waals surface area contributed by atoms with Crippen molar-refractivity contribution in [3.8, 4) is 11.1 Å². The maximum atomic E-state index is 10.8. The second kappa shape index (κ2) is 5.75. The molecule has 1 amide bonds. The van der Waals surface area contributed by atoms with E-state index in [1.165, 1.54) is 11.6 Å². The van der Waals surface area contributed by atoms with Crippen LogP contribution in [0, 0.1) is 0 Å². The van der Waals surface area contributed by atoms with Crippen LogP contribution in [0.2, 0.25) is 0 Å². The van der Waals surface area contributed by atoms with Crippen LogP contribution in [-0.4, -0.2) is 16.1 Å². The standard InChI is InChI=1S/C14H12N2O2/c17-14(16-18)6-3-11-1-4-12(5-2-11)13-7-9-15-10-8-13/h1-10,18H,(H,16,17)/b6-3+. The Morgan fingerprint density at radius 1 is 1.06 bits per heavy atom. The summed E-state index contributed by atoms with van der Waals surface area (Å²) >= 11 is 0. The number of amides is 1. The predicted molar refractivity (Wildman–Crippen MR) is 68.6 cm³/mol. The first-order chi connectivity index (χ1) is 8.79. The van der Waals surface area contributed by atoms with E-state index in [2.05, 4.69) is 4.98 Å². The molecule has 1 aromatic carbocycles. The second-order valence-electron chi connectivity index (χ2n) is 3.67. The molecule has 0 radical (unpaired) electrons. The van der Waals surface area contributed by atoms with Gasteiger partial charge in [-0.3, -0.25) is 15.0 Å². The van der Waals surface area contributed by atoms with Crippen molar-refractivity contribution in [3.63, 3.8) is 0 Å². The highest BCUT2D eigenvalue weighted by atomic mass is 16.5. The van der Waals surface area contributed by atoms with Gasteiger partial charge in [0.25, 0.3) is 5.91 Å². The van der Waals surface area contributed by atoms with Crippen LogP contribution in [-0.2, 0) is 4.79 Å². The van der Waals surface area contributed by atoms with Crippen molar-refractivity contribution in [1.82, 2.24) is 10.5 Å². The molecule has 2 aromatic rings. The molecule has 0 unspecified atom stereocenters. The molecule has 0 spiro atoms. The zero-order valence-corrected chi connectivity index (χ0v) is 9.58. The highest BCUT2D eigenvalue weighted by molar-refractivity contribution is 5.90. The van der Waals surface area contributed by atoms with Crippen LogP contribution in [0.3, 0.4) is 0 Å². The third kappa shape index (κ3) is 3.02. The van der Waals surface area contributed by atoms with Crippen LogP contribution in [0.4, 0.5) is 0 Å². The van der Waals surface area contributed by atoms with E-state index in [1.54, 1.807) is 18.5 Å². The molecule has 18 heavy (non-hydrogen) atoms. The zero-order valence-electron chi connectivity index (χ0n) is 9.58.